The molecule has 0 radical (unpaired) electrons. The molecule has 1 aliphatic carbocycles. The van der Waals surface area contributed by atoms with Gasteiger partial charge in [-0.1, -0.05) is 58.2 Å². The van der Waals surface area contributed by atoms with Crippen LogP contribution in [-0.4, -0.2) is 44.1 Å². The third kappa shape index (κ3) is 3.12. The van der Waals surface area contributed by atoms with Gasteiger partial charge in [0.1, 0.15) is 0 Å². The number of fused-ring (bicyclic) bond motifs is 2. The largest absolute Gasteiger partial charge is 0.344 e. The molecule has 3 aliphatic rings. The summed E-state index contributed by atoms with van der Waals surface area (Å²) in [5.74, 6) is -1.04. The molecule has 5 atom stereocenters. The van der Waals surface area contributed by atoms with Crippen molar-refractivity contribution in [2.75, 3.05) is 0 Å². The van der Waals surface area contributed by atoms with Gasteiger partial charge in [0.2, 0.25) is 0 Å². The molecule has 2 heterocycles. The predicted molar refractivity (Wildman–Crippen MR) is 107 cm³/mol. The highest BCUT2D eigenvalue weighted by molar-refractivity contribution is 6.85. The molecule has 2 aliphatic heterocycles. The summed E-state index contributed by atoms with van der Waals surface area (Å²) in [5, 5.41) is 0. The summed E-state index contributed by atoms with van der Waals surface area (Å²) in [4.78, 5) is 0. The summed E-state index contributed by atoms with van der Waals surface area (Å²) in [6.07, 6.45) is 1.32. The molecule has 1 saturated carbocycles. The molecular formula is C21H40O4Si. The van der Waals surface area contributed by atoms with Crippen LogP contribution >= 0.6 is 0 Å². The highest BCUT2D eigenvalue weighted by Gasteiger charge is 2.66. The molecule has 4 nitrogen and oxygen atoms in total. The van der Waals surface area contributed by atoms with Gasteiger partial charge in [-0.2, -0.15) is 0 Å². The number of ether oxygens (including phenoxy) is 4. The molecule has 0 aromatic carbocycles. The van der Waals surface area contributed by atoms with Crippen LogP contribution in [0, 0.1) is 0 Å². The van der Waals surface area contributed by atoms with Gasteiger partial charge in [0.15, 0.2) is 11.6 Å². The minimum absolute atomic E-state index is 0.108. The van der Waals surface area contributed by atoms with Crippen LogP contribution in [0.2, 0.25) is 22.2 Å². The van der Waals surface area contributed by atoms with Crippen LogP contribution in [-0.2, 0) is 18.9 Å². The third-order valence-corrected chi connectivity index (χ3v) is 15.0. The van der Waals surface area contributed by atoms with E-state index in [1.54, 1.807) is 0 Å². The van der Waals surface area contributed by atoms with Crippen LogP contribution < -0.4 is 0 Å². The molecule has 0 amide bonds. The van der Waals surface area contributed by atoms with Crippen molar-refractivity contribution in [3.8, 4) is 0 Å². The van der Waals surface area contributed by atoms with Crippen molar-refractivity contribution in [2.24, 2.45) is 0 Å². The highest BCUT2D eigenvalue weighted by Crippen LogP contribution is 2.60. The van der Waals surface area contributed by atoms with E-state index < -0.39 is 19.6 Å². The van der Waals surface area contributed by atoms with E-state index in [9.17, 15) is 0 Å². The fourth-order valence-electron chi connectivity index (χ4n) is 6.84. The second kappa shape index (κ2) is 6.55. The molecule has 2 saturated heterocycles. The lowest BCUT2D eigenvalue weighted by atomic mass is 9.89. The molecule has 26 heavy (non-hydrogen) atoms. The zero-order chi connectivity index (χ0) is 19.7. The fourth-order valence-corrected chi connectivity index (χ4v) is 14.9. The van der Waals surface area contributed by atoms with Crippen LogP contribution in [0.15, 0.2) is 0 Å². The molecular weight excluding hydrogens is 344 g/mol. The first kappa shape index (κ1) is 20.8. The topological polar surface area (TPSA) is 36.9 Å². The lowest BCUT2D eigenvalue weighted by Gasteiger charge is -2.55. The summed E-state index contributed by atoms with van der Waals surface area (Å²) in [5.41, 5.74) is 2.32. The maximum absolute atomic E-state index is 6.58. The minimum atomic E-state index is -1.83. The maximum atomic E-state index is 6.58. The van der Waals surface area contributed by atoms with Crippen LogP contribution in [0.5, 0.6) is 0 Å². The summed E-state index contributed by atoms with van der Waals surface area (Å²) in [6.45, 7) is 22.7. The lowest BCUT2D eigenvalue weighted by Crippen LogP contribution is -2.62. The normalized spacial score (nSPS) is 38.9. The smallest absolute Gasteiger partial charge is 0.163 e. The second-order valence-electron chi connectivity index (χ2n) is 10.5. The molecule has 0 N–H and O–H groups in total. The van der Waals surface area contributed by atoms with Crippen molar-refractivity contribution in [3.05, 3.63) is 0 Å². The zero-order valence-electron chi connectivity index (χ0n) is 18.5. The van der Waals surface area contributed by atoms with E-state index in [2.05, 4.69) is 41.5 Å². The van der Waals surface area contributed by atoms with Crippen LogP contribution in [0.3, 0.4) is 0 Å². The predicted octanol–water partition coefficient (Wildman–Crippen LogP) is 5.48. The molecule has 1 unspecified atom stereocenters. The molecule has 0 bridgehead atoms. The number of hydrogen-bond donors (Lipinski definition) is 0. The monoisotopic (exact) mass is 384 g/mol. The lowest BCUT2D eigenvalue weighted by molar-refractivity contribution is -0.163. The molecule has 152 valence electrons. The molecule has 0 aromatic heterocycles. The van der Waals surface area contributed by atoms with Gasteiger partial charge in [-0.3, -0.25) is 0 Å². The van der Waals surface area contributed by atoms with E-state index in [1.165, 1.54) is 0 Å². The van der Waals surface area contributed by atoms with Crippen molar-refractivity contribution in [1.29, 1.82) is 0 Å². The van der Waals surface area contributed by atoms with Gasteiger partial charge in [0.05, 0.1) is 32.5 Å². The van der Waals surface area contributed by atoms with Gasteiger partial charge < -0.3 is 18.9 Å². The average Bonchev–Trinajstić information content (AvgIpc) is 2.90. The average molecular weight is 385 g/mol. The summed E-state index contributed by atoms with van der Waals surface area (Å²) < 4.78 is 25.9. The molecule has 3 rings (SSSR count). The van der Waals surface area contributed by atoms with Gasteiger partial charge in [-0.05, 0) is 27.7 Å². The van der Waals surface area contributed by atoms with Crippen LogP contribution in [0.1, 0.15) is 75.7 Å². The Morgan fingerprint density at radius 2 is 1.00 bits per heavy atom. The minimum Gasteiger partial charge on any atom is -0.344 e. The van der Waals surface area contributed by atoms with Gasteiger partial charge in [-0.25, -0.2) is 0 Å². The molecule has 3 fully saturated rings. The van der Waals surface area contributed by atoms with Crippen molar-refractivity contribution in [2.45, 2.75) is 134 Å². The Hall–Kier alpha value is 0.0569. The molecule has 0 spiro atoms. The van der Waals surface area contributed by atoms with Crippen molar-refractivity contribution in [3.63, 3.8) is 0 Å². The van der Waals surface area contributed by atoms with E-state index in [0.29, 0.717) is 22.2 Å². The summed E-state index contributed by atoms with van der Waals surface area (Å²) in [6, 6.07) is 0. The Morgan fingerprint density at radius 1 is 0.654 bits per heavy atom. The van der Waals surface area contributed by atoms with Crippen LogP contribution in [0.25, 0.3) is 0 Å². The SMILES string of the molecule is CC(C)[Si](C(C)C)(C(C)C)C1[C@H]2OC(C)(C)O[C@H]2C[C@H]2OC(C)(C)O[C@@H]12. The van der Waals surface area contributed by atoms with Crippen LogP contribution in [0.4, 0.5) is 0 Å². The summed E-state index contributed by atoms with van der Waals surface area (Å²) >= 11 is 0. The number of rotatable bonds is 4. The van der Waals surface area contributed by atoms with Gasteiger partial charge in [-0.15, -0.1) is 0 Å². The van der Waals surface area contributed by atoms with Crippen molar-refractivity contribution < 1.29 is 18.9 Å². The van der Waals surface area contributed by atoms with Gasteiger partial charge >= 0.3 is 0 Å². The summed E-state index contributed by atoms with van der Waals surface area (Å²) in [7, 11) is -1.83. The first-order chi connectivity index (χ1) is 11.8. The first-order valence-corrected chi connectivity index (χ1v) is 12.8. The second-order valence-corrected chi connectivity index (χ2v) is 16.6. The van der Waals surface area contributed by atoms with Gasteiger partial charge in [0.25, 0.3) is 0 Å². The van der Waals surface area contributed by atoms with Crippen molar-refractivity contribution in [1.82, 2.24) is 0 Å². The van der Waals surface area contributed by atoms with Crippen molar-refractivity contribution >= 4 is 8.07 Å². The standard InChI is InChI=1S/C21H40O4Si/c1-12(2)26(13(3)4,14(5)6)19-17-15(22-20(7,8)24-17)11-16-18(19)25-21(9,10)23-16/h12-19H,11H2,1-10H3/t15-,16+,17-,18+,19?. The quantitative estimate of drug-likeness (QED) is 0.601. The number of hydrogen-bond acceptors (Lipinski definition) is 4. The van der Waals surface area contributed by atoms with E-state index in [4.69, 9.17) is 18.9 Å². The van der Waals surface area contributed by atoms with E-state index in [-0.39, 0.29) is 24.4 Å². The Kier molecular flexibility index (Phi) is 5.23. The Bertz CT molecular complexity index is 476. The Labute approximate surface area is 161 Å². The molecule has 0 aromatic rings. The third-order valence-electron chi connectivity index (χ3n) is 7.19. The van der Waals surface area contributed by atoms with E-state index >= 15 is 0 Å². The Morgan fingerprint density at radius 3 is 1.31 bits per heavy atom. The first-order valence-electron chi connectivity index (χ1n) is 10.5. The highest BCUT2D eigenvalue weighted by atomic mass is 28.3. The molecule has 5 heteroatoms. The zero-order valence-corrected chi connectivity index (χ0v) is 19.5. The Balaban J connectivity index is 2.12. The van der Waals surface area contributed by atoms with E-state index in [1.807, 2.05) is 27.7 Å². The van der Waals surface area contributed by atoms with Gasteiger partial charge in [0, 0.05) is 12.0 Å². The van der Waals surface area contributed by atoms with E-state index in [0.717, 1.165) is 6.42 Å². The fraction of sp³-hybridized carbons (Fsp3) is 1.00. The maximum Gasteiger partial charge on any atom is 0.163 e.